The second-order valence-corrected chi connectivity index (χ2v) is 5.09. The van der Waals surface area contributed by atoms with Crippen molar-refractivity contribution in [1.82, 2.24) is 0 Å². The fraction of sp³-hybridized carbons (Fsp3) is 0.294. The summed E-state index contributed by atoms with van der Waals surface area (Å²) in [7, 11) is 0. The van der Waals surface area contributed by atoms with E-state index in [2.05, 4.69) is 26.0 Å². The molecule has 100 valence electrons. The predicted molar refractivity (Wildman–Crippen MR) is 79.3 cm³/mol. The van der Waals surface area contributed by atoms with Crippen LogP contribution in [-0.2, 0) is 12.8 Å². The third kappa shape index (κ3) is 3.16. The molecule has 0 bridgehead atoms. The number of rotatable bonds is 4. The molecule has 0 radical (unpaired) electrons. The SMILES string of the molecule is CCc1ccc(C(Cl)c2cccc(F)c2)cc1CC. The van der Waals surface area contributed by atoms with E-state index in [1.54, 1.807) is 6.07 Å². The summed E-state index contributed by atoms with van der Waals surface area (Å²) in [5.74, 6) is -0.246. The zero-order valence-electron chi connectivity index (χ0n) is 11.3. The van der Waals surface area contributed by atoms with Crippen LogP contribution in [0.2, 0.25) is 0 Å². The Labute approximate surface area is 119 Å². The number of alkyl halides is 1. The van der Waals surface area contributed by atoms with Crippen LogP contribution in [0.25, 0.3) is 0 Å². The van der Waals surface area contributed by atoms with Gasteiger partial charge in [-0.25, -0.2) is 4.39 Å². The molecule has 0 aliphatic heterocycles. The van der Waals surface area contributed by atoms with Crippen molar-refractivity contribution >= 4 is 11.6 Å². The Balaban J connectivity index is 2.36. The van der Waals surface area contributed by atoms with Gasteiger partial charge in [0.15, 0.2) is 0 Å². The Bertz CT molecular complexity index is 563. The summed E-state index contributed by atoms with van der Waals surface area (Å²) >= 11 is 6.46. The van der Waals surface area contributed by atoms with E-state index in [9.17, 15) is 4.39 Å². The van der Waals surface area contributed by atoms with Crippen LogP contribution in [0.5, 0.6) is 0 Å². The van der Waals surface area contributed by atoms with Crippen LogP contribution < -0.4 is 0 Å². The third-order valence-electron chi connectivity index (χ3n) is 3.43. The number of halogens is 2. The molecule has 1 unspecified atom stereocenters. The highest BCUT2D eigenvalue weighted by Gasteiger charge is 2.12. The maximum absolute atomic E-state index is 13.2. The zero-order chi connectivity index (χ0) is 13.8. The van der Waals surface area contributed by atoms with E-state index in [0.29, 0.717) is 0 Å². The quantitative estimate of drug-likeness (QED) is 0.667. The molecular weight excluding hydrogens is 259 g/mol. The van der Waals surface area contributed by atoms with Gasteiger partial charge in [0.25, 0.3) is 0 Å². The number of benzene rings is 2. The van der Waals surface area contributed by atoms with Crippen molar-refractivity contribution in [3.8, 4) is 0 Å². The van der Waals surface area contributed by atoms with Crippen molar-refractivity contribution in [3.05, 3.63) is 70.5 Å². The highest BCUT2D eigenvalue weighted by Crippen LogP contribution is 2.30. The molecule has 2 aromatic carbocycles. The second kappa shape index (κ2) is 6.21. The molecule has 0 aromatic heterocycles. The minimum atomic E-state index is -0.299. The fourth-order valence-electron chi connectivity index (χ4n) is 2.33. The summed E-state index contributed by atoms with van der Waals surface area (Å²) in [5.41, 5.74) is 4.51. The fourth-order valence-corrected chi connectivity index (χ4v) is 2.61. The first-order chi connectivity index (χ1) is 9.15. The first-order valence-electron chi connectivity index (χ1n) is 6.67. The molecule has 0 aliphatic rings. The van der Waals surface area contributed by atoms with E-state index >= 15 is 0 Å². The molecule has 0 heterocycles. The topological polar surface area (TPSA) is 0 Å². The lowest BCUT2D eigenvalue weighted by Crippen LogP contribution is -1.98. The van der Waals surface area contributed by atoms with E-state index in [-0.39, 0.29) is 11.2 Å². The van der Waals surface area contributed by atoms with E-state index in [1.165, 1.54) is 23.3 Å². The molecule has 1 atom stereocenters. The highest BCUT2D eigenvalue weighted by molar-refractivity contribution is 6.22. The molecule has 0 nitrogen and oxygen atoms in total. The predicted octanol–water partition coefficient (Wildman–Crippen LogP) is 5.28. The van der Waals surface area contributed by atoms with Gasteiger partial charge in [0, 0.05) is 0 Å². The molecule has 19 heavy (non-hydrogen) atoms. The van der Waals surface area contributed by atoms with Crippen LogP contribution in [0.1, 0.15) is 41.5 Å². The smallest absolute Gasteiger partial charge is 0.123 e. The molecule has 0 aliphatic carbocycles. The average molecular weight is 277 g/mol. The molecular formula is C17H18ClF. The van der Waals surface area contributed by atoms with E-state index in [0.717, 1.165) is 24.0 Å². The molecule has 2 aromatic rings. The summed E-state index contributed by atoms with van der Waals surface area (Å²) in [5, 5.41) is -0.299. The van der Waals surface area contributed by atoms with Gasteiger partial charge in [0.2, 0.25) is 0 Å². The van der Waals surface area contributed by atoms with Crippen molar-refractivity contribution < 1.29 is 4.39 Å². The number of hydrogen-bond donors (Lipinski definition) is 0. The van der Waals surface area contributed by atoms with Gasteiger partial charge in [-0.05, 0) is 47.2 Å². The lowest BCUT2D eigenvalue weighted by molar-refractivity contribution is 0.626. The molecule has 2 heteroatoms. The van der Waals surface area contributed by atoms with Gasteiger partial charge < -0.3 is 0 Å². The normalized spacial score (nSPS) is 12.4. The summed E-state index contributed by atoms with van der Waals surface area (Å²) in [6, 6.07) is 12.8. The van der Waals surface area contributed by atoms with Crippen LogP contribution in [0, 0.1) is 5.82 Å². The van der Waals surface area contributed by atoms with Crippen molar-refractivity contribution in [2.45, 2.75) is 32.1 Å². The lowest BCUT2D eigenvalue weighted by Gasteiger charge is -2.14. The van der Waals surface area contributed by atoms with Gasteiger partial charge >= 0.3 is 0 Å². The highest BCUT2D eigenvalue weighted by atomic mass is 35.5. The summed E-state index contributed by atoms with van der Waals surface area (Å²) in [6.07, 6.45) is 2.01. The Morgan fingerprint density at radius 2 is 1.63 bits per heavy atom. The Morgan fingerprint density at radius 3 is 2.26 bits per heavy atom. The molecule has 0 spiro atoms. The first-order valence-corrected chi connectivity index (χ1v) is 7.10. The van der Waals surface area contributed by atoms with Crippen LogP contribution in [0.3, 0.4) is 0 Å². The minimum Gasteiger partial charge on any atom is -0.207 e. The van der Waals surface area contributed by atoms with Crippen LogP contribution in [-0.4, -0.2) is 0 Å². The van der Waals surface area contributed by atoms with Crippen LogP contribution in [0.15, 0.2) is 42.5 Å². The molecule has 2 rings (SSSR count). The molecule has 0 saturated carbocycles. The van der Waals surface area contributed by atoms with E-state index in [1.807, 2.05) is 12.1 Å². The Hall–Kier alpha value is -1.34. The summed E-state index contributed by atoms with van der Waals surface area (Å²) < 4.78 is 13.2. The lowest BCUT2D eigenvalue weighted by atomic mass is 9.96. The monoisotopic (exact) mass is 276 g/mol. The van der Waals surface area contributed by atoms with Gasteiger partial charge in [-0.15, -0.1) is 11.6 Å². The molecule has 0 N–H and O–H groups in total. The molecule has 0 saturated heterocycles. The van der Waals surface area contributed by atoms with Gasteiger partial charge in [0.1, 0.15) is 5.82 Å². The molecule has 0 fully saturated rings. The Morgan fingerprint density at radius 1 is 0.947 bits per heavy atom. The van der Waals surface area contributed by atoms with Crippen molar-refractivity contribution in [2.24, 2.45) is 0 Å². The van der Waals surface area contributed by atoms with Crippen LogP contribution >= 0.6 is 11.6 Å². The maximum atomic E-state index is 13.2. The average Bonchev–Trinajstić information content (AvgIpc) is 2.45. The Kier molecular flexibility index (Phi) is 4.60. The van der Waals surface area contributed by atoms with E-state index < -0.39 is 0 Å². The van der Waals surface area contributed by atoms with Crippen molar-refractivity contribution in [1.29, 1.82) is 0 Å². The number of hydrogen-bond acceptors (Lipinski definition) is 0. The second-order valence-electron chi connectivity index (χ2n) is 4.65. The standard InChI is InChI=1S/C17H18ClF/c1-3-12-8-9-15(10-13(12)4-2)17(18)14-6-5-7-16(19)11-14/h5-11,17H,3-4H2,1-2H3. The maximum Gasteiger partial charge on any atom is 0.123 e. The van der Waals surface area contributed by atoms with Gasteiger partial charge in [-0.2, -0.15) is 0 Å². The van der Waals surface area contributed by atoms with Gasteiger partial charge in [-0.1, -0.05) is 44.2 Å². The third-order valence-corrected chi connectivity index (χ3v) is 3.93. The molecule has 0 amide bonds. The number of aryl methyl sites for hydroxylation is 2. The van der Waals surface area contributed by atoms with E-state index in [4.69, 9.17) is 11.6 Å². The minimum absolute atomic E-state index is 0.246. The van der Waals surface area contributed by atoms with Crippen molar-refractivity contribution in [3.63, 3.8) is 0 Å². The summed E-state index contributed by atoms with van der Waals surface area (Å²) in [4.78, 5) is 0. The van der Waals surface area contributed by atoms with Gasteiger partial charge in [-0.3, -0.25) is 0 Å². The van der Waals surface area contributed by atoms with Crippen LogP contribution in [0.4, 0.5) is 4.39 Å². The zero-order valence-corrected chi connectivity index (χ0v) is 12.0. The first kappa shape index (κ1) is 14.1. The van der Waals surface area contributed by atoms with Gasteiger partial charge in [0.05, 0.1) is 5.38 Å². The summed E-state index contributed by atoms with van der Waals surface area (Å²) in [6.45, 7) is 4.29. The van der Waals surface area contributed by atoms with Crippen molar-refractivity contribution in [2.75, 3.05) is 0 Å². The largest absolute Gasteiger partial charge is 0.207 e.